The summed E-state index contributed by atoms with van der Waals surface area (Å²) in [7, 11) is 3.48. The average molecular weight is 572 g/mol. The number of amides is 2. The molecule has 9 heteroatoms. The number of piperidine rings is 1. The van der Waals surface area contributed by atoms with E-state index in [1.807, 2.05) is 56.0 Å². The molecule has 3 rings (SSSR count). The van der Waals surface area contributed by atoms with Crippen molar-refractivity contribution in [3.8, 4) is 0 Å². The molecule has 0 aliphatic carbocycles. The monoisotopic (exact) mass is 571 g/mol. The van der Waals surface area contributed by atoms with E-state index in [4.69, 9.17) is 9.73 Å². The third-order valence-corrected chi connectivity index (χ3v) is 5.85. The van der Waals surface area contributed by atoms with Crippen molar-refractivity contribution in [1.29, 1.82) is 0 Å². The lowest BCUT2D eigenvalue weighted by Crippen LogP contribution is -2.55. The summed E-state index contributed by atoms with van der Waals surface area (Å²) in [6.45, 7) is 6.40. The summed E-state index contributed by atoms with van der Waals surface area (Å²) in [6, 6.07) is 10.5. The van der Waals surface area contributed by atoms with Crippen molar-refractivity contribution < 1.29 is 14.3 Å². The second-order valence-electron chi connectivity index (χ2n) is 9.88. The molecule has 0 aromatic heterocycles. The molecule has 8 nitrogen and oxygen atoms in total. The standard InChI is InChI=1S/C24H37N5O3.HI/c1-24(2,3)32-23(31)29-19-11-12-20(29)14-18(13-19)27-22(26-16-21(30)28(4)5)25-15-17-9-7-6-8-10-17;/h6-10,18-20H,11-16H2,1-5H3,(H2,25,26,27);1H. The van der Waals surface area contributed by atoms with E-state index in [1.54, 1.807) is 19.0 Å². The molecule has 0 saturated carbocycles. The zero-order chi connectivity index (χ0) is 23.3. The second kappa shape index (κ2) is 11.9. The summed E-state index contributed by atoms with van der Waals surface area (Å²) in [6.07, 6.45) is 3.44. The first kappa shape index (κ1) is 27.2. The molecular weight excluding hydrogens is 533 g/mol. The van der Waals surface area contributed by atoms with Crippen LogP contribution in [0.3, 0.4) is 0 Å². The predicted molar refractivity (Wildman–Crippen MR) is 141 cm³/mol. The van der Waals surface area contributed by atoms with E-state index in [0.29, 0.717) is 12.5 Å². The second-order valence-corrected chi connectivity index (χ2v) is 9.88. The molecule has 2 aliphatic heterocycles. The minimum absolute atomic E-state index is 0. The fourth-order valence-electron chi connectivity index (χ4n) is 4.32. The van der Waals surface area contributed by atoms with Crippen molar-refractivity contribution in [2.24, 2.45) is 4.99 Å². The quantitative estimate of drug-likeness (QED) is 0.322. The minimum atomic E-state index is -0.494. The number of aliphatic imine (C=N–C) groups is 1. The lowest BCUT2D eigenvalue weighted by atomic mass is 9.98. The van der Waals surface area contributed by atoms with Crippen molar-refractivity contribution in [2.45, 2.75) is 76.7 Å². The van der Waals surface area contributed by atoms with Crippen LogP contribution < -0.4 is 10.6 Å². The number of halogens is 1. The van der Waals surface area contributed by atoms with E-state index in [-0.39, 0.29) is 60.6 Å². The molecule has 2 aliphatic rings. The van der Waals surface area contributed by atoms with E-state index in [0.717, 1.165) is 31.2 Å². The minimum Gasteiger partial charge on any atom is -0.444 e. The van der Waals surface area contributed by atoms with E-state index in [9.17, 15) is 9.59 Å². The highest BCUT2D eigenvalue weighted by Gasteiger charge is 2.45. The third kappa shape index (κ3) is 8.04. The highest BCUT2D eigenvalue weighted by atomic mass is 127. The first-order valence-corrected chi connectivity index (χ1v) is 11.4. The maximum atomic E-state index is 12.7. The molecule has 1 aromatic carbocycles. The maximum Gasteiger partial charge on any atom is 0.410 e. The number of hydrogen-bond acceptors (Lipinski definition) is 4. The SMILES string of the molecule is CN(C)C(=O)CNC(=NCc1ccccc1)NC1CC2CCC(C1)N2C(=O)OC(C)(C)C.I. The number of carbonyl (C=O) groups is 2. The number of nitrogens with one attached hydrogen (secondary N) is 2. The molecule has 0 radical (unpaired) electrons. The highest BCUT2D eigenvalue weighted by Crippen LogP contribution is 2.36. The number of benzene rings is 1. The lowest BCUT2D eigenvalue weighted by Gasteiger charge is -2.40. The van der Waals surface area contributed by atoms with Gasteiger partial charge in [0.05, 0.1) is 13.1 Å². The van der Waals surface area contributed by atoms with Gasteiger partial charge in [0.15, 0.2) is 5.96 Å². The van der Waals surface area contributed by atoms with E-state index < -0.39 is 5.60 Å². The predicted octanol–water partition coefficient (Wildman–Crippen LogP) is 3.36. The fourth-order valence-corrected chi connectivity index (χ4v) is 4.32. The number of fused-ring (bicyclic) bond motifs is 2. The van der Waals surface area contributed by atoms with Crippen molar-refractivity contribution in [2.75, 3.05) is 20.6 Å². The molecule has 2 N–H and O–H groups in total. The molecule has 2 saturated heterocycles. The van der Waals surface area contributed by atoms with Gasteiger partial charge in [0.2, 0.25) is 5.91 Å². The molecule has 1 aromatic rings. The van der Waals surface area contributed by atoms with Crippen LogP contribution in [0.2, 0.25) is 0 Å². The van der Waals surface area contributed by atoms with Gasteiger partial charge in [0.25, 0.3) is 0 Å². The van der Waals surface area contributed by atoms with Crippen molar-refractivity contribution in [3.63, 3.8) is 0 Å². The summed E-state index contributed by atoms with van der Waals surface area (Å²) in [4.78, 5) is 33.0. The Morgan fingerprint density at radius 3 is 2.27 bits per heavy atom. The summed E-state index contributed by atoms with van der Waals surface area (Å²) >= 11 is 0. The Hall–Kier alpha value is -2.04. The van der Waals surface area contributed by atoms with Crippen LogP contribution in [0.1, 0.15) is 52.0 Å². The number of nitrogens with zero attached hydrogens (tertiary/aromatic N) is 3. The molecular formula is C24H38IN5O3. The van der Waals surface area contributed by atoms with Gasteiger partial charge in [-0.2, -0.15) is 0 Å². The van der Waals surface area contributed by atoms with Gasteiger partial charge in [-0.1, -0.05) is 30.3 Å². The number of guanidine groups is 1. The van der Waals surface area contributed by atoms with Gasteiger partial charge in [0.1, 0.15) is 5.60 Å². The summed E-state index contributed by atoms with van der Waals surface area (Å²) in [5.74, 6) is 0.609. The Morgan fingerprint density at radius 1 is 1.12 bits per heavy atom. The Kier molecular flexibility index (Phi) is 9.81. The smallest absolute Gasteiger partial charge is 0.410 e. The summed E-state index contributed by atoms with van der Waals surface area (Å²) < 4.78 is 5.64. The molecule has 2 amide bonds. The number of ether oxygens (including phenoxy) is 1. The Balaban J connectivity index is 0.00000385. The zero-order valence-corrected chi connectivity index (χ0v) is 22.7. The molecule has 2 bridgehead atoms. The first-order chi connectivity index (χ1) is 15.1. The van der Waals surface area contributed by atoms with Crippen LogP contribution in [0.5, 0.6) is 0 Å². The molecule has 2 unspecified atom stereocenters. The number of likely N-dealkylation sites (N-methyl/N-ethyl adjacent to an activating group) is 1. The Morgan fingerprint density at radius 2 is 1.73 bits per heavy atom. The van der Waals surface area contributed by atoms with Crippen LogP contribution in [0.25, 0.3) is 0 Å². The molecule has 0 spiro atoms. The molecule has 184 valence electrons. The van der Waals surface area contributed by atoms with Crippen molar-refractivity contribution >= 4 is 41.9 Å². The molecule has 2 heterocycles. The fraction of sp³-hybridized carbons (Fsp3) is 0.625. The topological polar surface area (TPSA) is 86.3 Å². The Labute approximate surface area is 214 Å². The normalized spacial score (nSPS) is 22.3. The van der Waals surface area contributed by atoms with Crippen LogP contribution in [0.4, 0.5) is 4.79 Å². The lowest BCUT2D eigenvalue weighted by molar-refractivity contribution is -0.127. The summed E-state index contributed by atoms with van der Waals surface area (Å²) in [5.41, 5.74) is 0.610. The van der Waals surface area contributed by atoms with Gasteiger partial charge in [-0.05, 0) is 52.0 Å². The summed E-state index contributed by atoms with van der Waals surface area (Å²) in [5, 5.41) is 6.69. The van der Waals surface area contributed by atoms with Crippen LogP contribution in [0.15, 0.2) is 35.3 Å². The van der Waals surface area contributed by atoms with Gasteiger partial charge in [0, 0.05) is 32.2 Å². The molecule has 2 fully saturated rings. The maximum absolute atomic E-state index is 12.7. The average Bonchev–Trinajstić information content (AvgIpc) is 3.00. The highest BCUT2D eigenvalue weighted by molar-refractivity contribution is 14.0. The van der Waals surface area contributed by atoms with Gasteiger partial charge < -0.3 is 25.2 Å². The molecule has 33 heavy (non-hydrogen) atoms. The van der Waals surface area contributed by atoms with Gasteiger partial charge in [-0.15, -0.1) is 24.0 Å². The van der Waals surface area contributed by atoms with Crippen LogP contribution in [-0.2, 0) is 16.1 Å². The largest absolute Gasteiger partial charge is 0.444 e. The number of rotatable bonds is 5. The number of hydrogen-bond donors (Lipinski definition) is 2. The third-order valence-electron chi connectivity index (χ3n) is 5.85. The van der Waals surface area contributed by atoms with Crippen LogP contribution in [0, 0.1) is 0 Å². The van der Waals surface area contributed by atoms with E-state index in [1.165, 1.54) is 0 Å². The molecule has 2 atom stereocenters. The number of carbonyl (C=O) groups excluding carboxylic acids is 2. The van der Waals surface area contributed by atoms with Gasteiger partial charge in [-0.25, -0.2) is 9.79 Å². The van der Waals surface area contributed by atoms with Crippen LogP contribution in [-0.4, -0.2) is 72.1 Å². The van der Waals surface area contributed by atoms with E-state index in [2.05, 4.69) is 10.6 Å². The van der Waals surface area contributed by atoms with Gasteiger partial charge in [-0.3, -0.25) is 4.79 Å². The first-order valence-electron chi connectivity index (χ1n) is 11.4. The van der Waals surface area contributed by atoms with E-state index >= 15 is 0 Å². The van der Waals surface area contributed by atoms with Crippen LogP contribution >= 0.6 is 24.0 Å². The van der Waals surface area contributed by atoms with Crippen molar-refractivity contribution in [3.05, 3.63) is 35.9 Å². The van der Waals surface area contributed by atoms with Crippen molar-refractivity contribution in [1.82, 2.24) is 20.4 Å². The van der Waals surface area contributed by atoms with Gasteiger partial charge >= 0.3 is 6.09 Å². The zero-order valence-electron chi connectivity index (χ0n) is 20.3. The Bertz CT molecular complexity index is 811.